The summed E-state index contributed by atoms with van der Waals surface area (Å²) < 4.78 is 6.43. The molecule has 0 aliphatic heterocycles. The summed E-state index contributed by atoms with van der Waals surface area (Å²) in [5, 5.41) is 0. The van der Waals surface area contributed by atoms with Crippen LogP contribution in [0.3, 0.4) is 0 Å². The number of rotatable bonds is 6. The Kier molecular flexibility index (Phi) is 3.68. The van der Waals surface area contributed by atoms with Crippen LogP contribution < -0.4 is 0 Å². The van der Waals surface area contributed by atoms with Crippen molar-refractivity contribution in [1.82, 2.24) is 4.90 Å². The lowest BCUT2D eigenvalue weighted by atomic mass is 9.54. The molecule has 0 amide bonds. The molecule has 18 heavy (non-hydrogen) atoms. The molecule has 0 aromatic rings. The Morgan fingerprint density at radius 1 is 0.944 bits per heavy atom. The van der Waals surface area contributed by atoms with Crippen molar-refractivity contribution in [2.24, 2.45) is 17.8 Å². The first-order chi connectivity index (χ1) is 8.73. The topological polar surface area (TPSA) is 12.5 Å². The monoisotopic (exact) mass is 251 g/mol. The number of hydrogen-bond acceptors (Lipinski definition) is 2. The van der Waals surface area contributed by atoms with Crippen LogP contribution in [0.1, 0.15) is 52.4 Å². The van der Waals surface area contributed by atoms with Gasteiger partial charge in [-0.25, -0.2) is 0 Å². The van der Waals surface area contributed by atoms with Gasteiger partial charge in [0.15, 0.2) is 0 Å². The van der Waals surface area contributed by atoms with Gasteiger partial charge in [0.2, 0.25) is 0 Å². The quantitative estimate of drug-likeness (QED) is 0.718. The molecule has 0 spiro atoms. The molecule has 0 atom stereocenters. The van der Waals surface area contributed by atoms with Crippen molar-refractivity contribution >= 4 is 0 Å². The number of likely N-dealkylation sites (N-methyl/N-ethyl adjacent to an activating group) is 1. The van der Waals surface area contributed by atoms with Gasteiger partial charge in [-0.1, -0.05) is 13.8 Å². The molecule has 4 rings (SSSR count). The first kappa shape index (κ1) is 12.9. The van der Waals surface area contributed by atoms with Crippen LogP contribution in [0.5, 0.6) is 0 Å². The van der Waals surface area contributed by atoms with E-state index in [-0.39, 0.29) is 0 Å². The molecule has 0 heterocycles. The number of ether oxygens (including phenoxy) is 1. The molecule has 0 unspecified atom stereocenters. The second kappa shape index (κ2) is 5.13. The highest BCUT2D eigenvalue weighted by Crippen LogP contribution is 2.57. The van der Waals surface area contributed by atoms with Gasteiger partial charge in [0.1, 0.15) is 0 Å². The lowest BCUT2D eigenvalue weighted by Gasteiger charge is -2.56. The standard InChI is InChI=1S/C16H29NO/c1-3-17(4-2)5-6-18-16-10-13-7-14(11-16)9-15(8-13)12-16/h13-15H,3-12H2,1-2H3. The largest absolute Gasteiger partial charge is 0.374 e. The van der Waals surface area contributed by atoms with E-state index in [0.717, 1.165) is 44.0 Å². The molecule has 0 radical (unpaired) electrons. The van der Waals surface area contributed by atoms with E-state index < -0.39 is 0 Å². The summed E-state index contributed by atoms with van der Waals surface area (Å²) in [6, 6.07) is 0. The maximum atomic E-state index is 6.43. The van der Waals surface area contributed by atoms with Crippen molar-refractivity contribution in [3.05, 3.63) is 0 Å². The Balaban J connectivity index is 1.53. The summed E-state index contributed by atoms with van der Waals surface area (Å²) in [5.41, 5.74) is 0.307. The predicted molar refractivity (Wildman–Crippen MR) is 74.6 cm³/mol. The van der Waals surface area contributed by atoms with Crippen molar-refractivity contribution in [1.29, 1.82) is 0 Å². The molecule has 0 N–H and O–H groups in total. The van der Waals surface area contributed by atoms with Gasteiger partial charge < -0.3 is 9.64 Å². The molecule has 4 bridgehead atoms. The Hall–Kier alpha value is -0.0800. The first-order valence-electron chi connectivity index (χ1n) is 8.09. The van der Waals surface area contributed by atoms with Gasteiger partial charge in [-0.15, -0.1) is 0 Å². The van der Waals surface area contributed by atoms with Gasteiger partial charge in [-0.05, 0) is 69.4 Å². The summed E-state index contributed by atoms with van der Waals surface area (Å²) in [6.07, 6.45) is 8.65. The Bertz CT molecular complexity index is 250. The van der Waals surface area contributed by atoms with Gasteiger partial charge in [-0.2, -0.15) is 0 Å². The summed E-state index contributed by atoms with van der Waals surface area (Å²) >= 11 is 0. The van der Waals surface area contributed by atoms with E-state index in [4.69, 9.17) is 4.74 Å². The third-order valence-corrected chi connectivity index (χ3v) is 5.69. The van der Waals surface area contributed by atoms with E-state index in [0.29, 0.717) is 5.60 Å². The zero-order chi connectivity index (χ0) is 12.6. The normalized spacial score (nSPS) is 41.8. The molecule has 4 aliphatic rings. The zero-order valence-corrected chi connectivity index (χ0v) is 12.2. The van der Waals surface area contributed by atoms with Crippen molar-refractivity contribution in [2.45, 2.75) is 58.0 Å². The molecular weight excluding hydrogens is 222 g/mol. The van der Waals surface area contributed by atoms with Gasteiger partial charge in [0.05, 0.1) is 12.2 Å². The fourth-order valence-corrected chi connectivity index (χ4v) is 5.14. The van der Waals surface area contributed by atoms with Crippen LogP contribution in [0.2, 0.25) is 0 Å². The van der Waals surface area contributed by atoms with Crippen LogP contribution >= 0.6 is 0 Å². The second-order valence-electron chi connectivity index (χ2n) is 6.98. The molecule has 4 saturated carbocycles. The highest BCUT2D eigenvalue weighted by molar-refractivity contribution is 5.03. The molecule has 0 saturated heterocycles. The molecule has 104 valence electrons. The van der Waals surface area contributed by atoms with Crippen LogP contribution in [0.25, 0.3) is 0 Å². The van der Waals surface area contributed by atoms with E-state index >= 15 is 0 Å². The molecule has 0 aromatic carbocycles. The van der Waals surface area contributed by atoms with Crippen LogP contribution in [0, 0.1) is 17.8 Å². The van der Waals surface area contributed by atoms with Crippen LogP contribution in [-0.2, 0) is 4.74 Å². The summed E-state index contributed by atoms with van der Waals surface area (Å²) in [5.74, 6) is 3.01. The lowest BCUT2D eigenvalue weighted by molar-refractivity contribution is -0.164. The van der Waals surface area contributed by atoms with Gasteiger partial charge in [0, 0.05) is 6.54 Å². The third kappa shape index (κ3) is 2.46. The number of hydrogen-bond donors (Lipinski definition) is 0. The highest BCUT2D eigenvalue weighted by atomic mass is 16.5. The fourth-order valence-electron chi connectivity index (χ4n) is 5.14. The predicted octanol–water partition coefficient (Wildman–Crippen LogP) is 3.31. The minimum atomic E-state index is 0.307. The van der Waals surface area contributed by atoms with Crippen molar-refractivity contribution < 1.29 is 4.74 Å². The highest BCUT2D eigenvalue weighted by Gasteiger charge is 2.51. The van der Waals surface area contributed by atoms with E-state index in [2.05, 4.69) is 18.7 Å². The average Bonchev–Trinajstić information content (AvgIpc) is 2.33. The van der Waals surface area contributed by atoms with E-state index in [1.807, 2.05) is 0 Å². The van der Waals surface area contributed by atoms with Crippen LogP contribution in [-0.4, -0.2) is 36.7 Å². The third-order valence-electron chi connectivity index (χ3n) is 5.69. The first-order valence-corrected chi connectivity index (χ1v) is 8.09. The summed E-state index contributed by atoms with van der Waals surface area (Å²) in [7, 11) is 0. The molecule has 0 aromatic heterocycles. The molecule has 2 heteroatoms. The Morgan fingerprint density at radius 3 is 1.89 bits per heavy atom. The van der Waals surface area contributed by atoms with Gasteiger partial charge >= 0.3 is 0 Å². The lowest BCUT2D eigenvalue weighted by Crippen LogP contribution is -2.52. The van der Waals surface area contributed by atoms with Crippen molar-refractivity contribution in [2.75, 3.05) is 26.2 Å². The van der Waals surface area contributed by atoms with E-state index in [1.165, 1.54) is 38.5 Å². The zero-order valence-electron chi connectivity index (χ0n) is 12.2. The smallest absolute Gasteiger partial charge is 0.0691 e. The second-order valence-corrected chi connectivity index (χ2v) is 6.98. The summed E-state index contributed by atoms with van der Waals surface area (Å²) in [6.45, 7) is 8.87. The average molecular weight is 251 g/mol. The van der Waals surface area contributed by atoms with Crippen molar-refractivity contribution in [3.63, 3.8) is 0 Å². The van der Waals surface area contributed by atoms with Crippen LogP contribution in [0.4, 0.5) is 0 Å². The fraction of sp³-hybridized carbons (Fsp3) is 1.00. The molecule has 4 aliphatic carbocycles. The van der Waals surface area contributed by atoms with Crippen LogP contribution in [0.15, 0.2) is 0 Å². The number of nitrogens with zero attached hydrogens (tertiary/aromatic N) is 1. The SMILES string of the molecule is CCN(CC)CCOC12CC3CC(CC(C3)C1)C2. The van der Waals surface area contributed by atoms with Gasteiger partial charge in [0.25, 0.3) is 0 Å². The van der Waals surface area contributed by atoms with Gasteiger partial charge in [-0.3, -0.25) is 0 Å². The van der Waals surface area contributed by atoms with Crippen molar-refractivity contribution in [3.8, 4) is 0 Å². The molecule has 4 fully saturated rings. The molecule has 2 nitrogen and oxygen atoms in total. The Morgan fingerprint density at radius 2 is 1.44 bits per heavy atom. The minimum Gasteiger partial charge on any atom is -0.374 e. The van der Waals surface area contributed by atoms with E-state index in [1.54, 1.807) is 0 Å². The maximum Gasteiger partial charge on any atom is 0.0691 e. The summed E-state index contributed by atoms with van der Waals surface area (Å²) in [4.78, 5) is 2.47. The minimum absolute atomic E-state index is 0.307. The molecular formula is C16H29NO. The Labute approximate surface area is 112 Å². The maximum absolute atomic E-state index is 6.43. The van der Waals surface area contributed by atoms with E-state index in [9.17, 15) is 0 Å².